The summed E-state index contributed by atoms with van der Waals surface area (Å²) in [6.07, 6.45) is 0.420. The fraction of sp³-hybridized carbons (Fsp3) is 0.375. The van der Waals surface area contributed by atoms with Gasteiger partial charge in [-0.15, -0.1) is 0 Å². The standard InChI is InChI=1S/C24H28N2O5/c1-3-30-24(29)31-21-10-8-20(9-11-21)23(28)26-15-13-25(14-16-26)22(27)12-7-19-6-4-5-18(2)17-19/h4-6,8-11,17H,3,7,12-16H2,1-2H3. The van der Waals surface area contributed by atoms with Crippen LogP contribution < -0.4 is 4.74 Å². The fourth-order valence-corrected chi connectivity index (χ4v) is 3.53. The second-order valence-electron chi connectivity index (χ2n) is 7.47. The molecule has 2 amide bonds. The Kier molecular flexibility index (Phi) is 7.65. The summed E-state index contributed by atoms with van der Waals surface area (Å²) in [5.74, 6) is 0.336. The Labute approximate surface area is 182 Å². The van der Waals surface area contributed by atoms with Gasteiger partial charge >= 0.3 is 6.16 Å². The molecule has 3 rings (SSSR count). The highest BCUT2D eigenvalue weighted by Gasteiger charge is 2.24. The van der Waals surface area contributed by atoms with Crippen LogP contribution in [0.5, 0.6) is 5.75 Å². The molecule has 1 aliphatic rings. The maximum Gasteiger partial charge on any atom is 0.513 e. The second kappa shape index (κ2) is 10.6. The highest BCUT2D eigenvalue weighted by atomic mass is 16.7. The van der Waals surface area contributed by atoms with E-state index in [9.17, 15) is 14.4 Å². The number of ether oxygens (including phenoxy) is 2. The van der Waals surface area contributed by atoms with Crippen molar-refractivity contribution >= 4 is 18.0 Å². The van der Waals surface area contributed by atoms with Crippen LogP contribution in [-0.4, -0.2) is 60.6 Å². The van der Waals surface area contributed by atoms with E-state index in [0.717, 1.165) is 12.0 Å². The van der Waals surface area contributed by atoms with Gasteiger partial charge in [0.1, 0.15) is 5.75 Å². The minimum absolute atomic E-state index is 0.102. The van der Waals surface area contributed by atoms with E-state index in [4.69, 9.17) is 9.47 Å². The van der Waals surface area contributed by atoms with Crippen LogP contribution in [-0.2, 0) is 16.0 Å². The minimum Gasteiger partial charge on any atom is -0.434 e. The van der Waals surface area contributed by atoms with Gasteiger partial charge in [-0.2, -0.15) is 0 Å². The largest absolute Gasteiger partial charge is 0.513 e. The van der Waals surface area contributed by atoms with Crippen LogP contribution in [0, 0.1) is 6.92 Å². The molecule has 0 unspecified atom stereocenters. The van der Waals surface area contributed by atoms with Gasteiger partial charge in [-0.05, 0) is 50.1 Å². The monoisotopic (exact) mass is 424 g/mol. The lowest BCUT2D eigenvalue weighted by molar-refractivity contribution is -0.132. The number of carbonyl (C=O) groups excluding carboxylic acids is 3. The fourth-order valence-electron chi connectivity index (χ4n) is 3.53. The van der Waals surface area contributed by atoms with Gasteiger partial charge in [0, 0.05) is 38.2 Å². The van der Waals surface area contributed by atoms with Crippen LogP contribution in [0.2, 0.25) is 0 Å². The van der Waals surface area contributed by atoms with E-state index in [2.05, 4.69) is 6.07 Å². The second-order valence-corrected chi connectivity index (χ2v) is 7.47. The van der Waals surface area contributed by atoms with Crippen LogP contribution in [0.25, 0.3) is 0 Å². The molecule has 7 nitrogen and oxygen atoms in total. The van der Waals surface area contributed by atoms with Gasteiger partial charge < -0.3 is 19.3 Å². The Morgan fingerprint density at radius 2 is 1.61 bits per heavy atom. The molecule has 0 N–H and O–H groups in total. The number of nitrogens with zero attached hydrogens (tertiary/aromatic N) is 2. The van der Waals surface area contributed by atoms with Gasteiger partial charge in [0.05, 0.1) is 6.61 Å². The molecule has 1 saturated heterocycles. The first-order chi connectivity index (χ1) is 15.0. The van der Waals surface area contributed by atoms with Crippen LogP contribution in [0.1, 0.15) is 34.8 Å². The number of benzene rings is 2. The first-order valence-electron chi connectivity index (χ1n) is 10.5. The average Bonchev–Trinajstić information content (AvgIpc) is 2.78. The highest BCUT2D eigenvalue weighted by Crippen LogP contribution is 2.16. The molecule has 2 aromatic carbocycles. The summed E-state index contributed by atoms with van der Waals surface area (Å²) in [5, 5.41) is 0. The summed E-state index contributed by atoms with van der Waals surface area (Å²) in [6.45, 7) is 6.02. The third-order valence-corrected chi connectivity index (χ3v) is 5.19. The summed E-state index contributed by atoms with van der Waals surface area (Å²) in [5.41, 5.74) is 2.87. The number of hydrogen-bond acceptors (Lipinski definition) is 5. The zero-order valence-electron chi connectivity index (χ0n) is 18.0. The molecule has 31 heavy (non-hydrogen) atoms. The van der Waals surface area contributed by atoms with E-state index < -0.39 is 6.16 Å². The number of rotatable bonds is 6. The van der Waals surface area contributed by atoms with E-state index in [1.54, 1.807) is 36.1 Å². The summed E-state index contributed by atoms with van der Waals surface area (Å²) < 4.78 is 9.73. The van der Waals surface area contributed by atoms with Crippen molar-refractivity contribution in [1.29, 1.82) is 0 Å². The first kappa shape index (κ1) is 22.3. The Balaban J connectivity index is 1.46. The van der Waals surface area contributed by atoms with Gasteiger partial charge in [0.2, 0.25) is 5.91 Å². The van der Waals surface area contributed by atoms with Gasteiger partial charge in [-0.1, -0.05) is 29.8 Å². The lowest BCUT2D eigenvalue weighted by Gasteiger charge is -2.35. The van der Waals surface area contributed by atoms with Crippen LogP contribution in [0.4, 0.5) is 4.79 Å². The molecule has 1 heterocycles. The normalized spacial score (nSPS) is 13.6. The van der Waals surface area contributed by atoms with E-state index in [1.807, 2.05) is 30.0 Å². The molecular weight excluding hydrogens is 396 g/mol. The summed E-state index contributed by atoms with van der Waals surface area (Å²) >= 11 is 0. The van der Waals surface area contributed by atoms with Crippen LogP contribution >= 0.6 is 0 Å². The molecule has 164 valence electrons. The molecule has 1 aliphatic heterocycles. The van der Waals surface area contributed by atoms with Crippen molar-refractivity contribution in [3.8, 4) is 5.75 Å². The molecule has 0 atom stereocenters. The average molecular weight is 424 g/mol. The van der Waals surface area contributed by atoms with Gasteiger partial charge in [0.25, 0.3) is 5.91 Å². The molecular formula is C24H28N2O5. The molecule has 0 spiro atoms. The maximum atomic E-state index is 12.7. The molecule has 2 aromatic rings. The lowest BCUT2D eigenvalue weighted by atomic mass is 10.1. The van der Waals surface area contributed by atoms with Gasteiger partial charge in [-0.25, -0.2) is 4.79 Å². The molecule has 0 bridgehead atoms. The maximum absolute atomic E-state index is 12.7. The van der Waals surface area contributed by atoms with Crippen molar-refractivity contribution in [2.45, 2.75) is 26.7 Å². The summed E-state index contributed by atoms with van der Waals surface area (Å²) in [6, 6.07) is 14.6. The molecule has 0 aliphatic carbocycles. The highest BCUT2D eigenvalue weighted by molar-refractivity contribution is 5.94. The number of hydrogen-bond donors (Lipinski definition) is 0. The summed E-state index contributed by atoms with van der Waals surface area (Å²) in [4.78, 5) is 40.2. The van der Waals surface area contributed by atoms with Crippen molar-refractivity contribution in [2.24, 2.45) is 0 Å². The zero-order chi connectivity index (χ0) is 22.2. The first-order valence-corrected chi connectivity index (χ1v) is 10.5. The van der Waals surface area contributed by atoms with Crippen LogP contribution in [0.3, 0.4) is 0 Å². The van der Waals surface area contributed by atoms with E-state index in [1.165, 1.54) is 5.56 Å². The van der Waals surface area contributed by atoms with Crippen molar-refractivity contribution in [1.82, 2.24) is 9.80 Å². The predicted octanol–water partition coefficient (Wildman–Crippen LogP) is 3.45. The lowest BCUT2D eigenvalue weighted by Crippen LogP contribution is -2.50. The molecule has 7 heteroatoms. The Morgan fingerprint density at radius 3 is 2.26 bits per heavy atom. The van der Waals surface area contributed by atoms with Crippen molar-refractivity contribution in [3.05, 3.63) is 65.2 Å². The number of carbonyl (C=O) groups is 3. The predicted molar refractivity (Wildman–Crippen MR) is 116 cm³/mol. The van der Waals surface area contributed by atoms with E-state index >= 15 is 0 Å². The minimum atomic E-state index is -0.773. The number of piperazine rings is 1. The molecule has 1 fully saturated rings. The Morgan fingerprint density at radius 1 is 0.935 bits per heavy atom. The van der Waals surface area contributed by atoms with E-state index in [0.29, 0.717) is 43.9 Å². The van der Waals surface area contributed by atoms with Crippen molar-refractivity contribution in [3.63, 3.8) is 0 Å². The molecule has 0 radical (unpaired) electrons. The molecule has 0 saturated carbocycles. The molecule has 0 aromatic heterocycles. The van der Waals surface area contributed by atoms with Crippen molar-refractivity contribution in [2.75, 3.05) is 32.8 Å². The zero-order valence-corrected chi connectivity index (χ0v) is 18.0. The third-order valence-electron chi connectivity index (χ3n) is 5.19. The van der Waals surface area contributed by atoms with Crippen LogP contribution in [0.15, 0.2) is 48.5 Å². The smallest absolute Gasteiger partial charge is 0.434 e. The van der Waals surface area contributed by atoms with Gasteiger partial charge in [0.15, 0.2) is 0 Å². The third kappa shape index (κ3) is 6.31. The number of aryl methyl sites for hydroxylation is 2. The SMILES string of the molecule is CCOC(=O)Oc1ccc(C(=O)N2CCN(C(=O)CCc3cccc(C)c3)CC2)cc1. The van der Waals surface area contributed by atoms with Gasteiger partial charge in [-0.3, -0.25) is 9.59 Å². The quantitative estimate of drug-likeness (QED) is 0.524. The Bertz CT molecular complexity index is 918. The topological polar surface area (TPSA) is 76.2 Å². The van der Waals surface area contributed by atoms with E-state index in [-0.39, 0.29) is 18.4 Å². The van der Waals surface area contributed by atoms with Crippen molar-refractivity contribution < 1.29 is 23.9 Å². The number of amides is 2. The Hall–Kier alpha value is -3.35. The summed E-state index contributed by atoms with van der Waals surface area (Å²) in [7, 11) is 0.